The Kier molecular flexibility index (Phi) is 6.22. The Balaban J connectivity index is 1.61. The van der Waals surface area contributed by atoms with Crippen LogP contribution in [0, 0.1) is 11.3 Å². The normalized spacial score (nSPS) is 14.1. The summed E-state index contributed by atoms with van der Waals surface area (Å²) in [6, 6.07) is 12.6. The summed E-state index contributed by atoms with van der Waals surface area (Å²) < 4.78 is 5.32. The van der Waals surface area contributed by atoms with E-state index < -0.39 is 0 Å². The summed E-state index contributed by atoms with van der Waals surface area (Å²) in [7, 11) is 1.59. The van der Waals surface area contributed by atoms with E-state index in [1.54, 1.807) is 23.0 Å². The number of pyridine rings is 1. The van der Waals surface area contributed by atoms with Crippen LogP contribution in [0.4, 0.5) is 0 Å². The van der Waals surface area contributed by atoms with Gasteiger partial charge in [0, 0.05) is 37.9 Å². The number of benzene rings is 1. The number of methoxy groups -OCH3 is 1. The van der Waals surface area contributed by atoms with Crippen molar-refractivity contribution in [1.82, 2.24) is 14.8 Å². The smallest absolute Gasteiger partial charge is 0.255 e. The van der Waals surface area contributed by atoms with Crippen molar-refractivity contribution in [2.24, 2.45) is 0 Å². The Labute approximate surface area is 164 Å². The zero-order valence-corrected chi connectivity index (χ0v) is 15.8. The maximum absolute atomic E-state index is 12.7. The molecule has 0 radical (unpaired) electrons. The van der Waals surface area contributed by atoms with E-state index in [4.69, 9.17) is 10.00 Å². The molecular formula is C21H22N4O3. The quantitative estimate of drug-likeness (QED) is 0.811. The third kappa shape index (κ3) is 4.46. The van der Waals surface area contributed by atoms with Gasteiger partial charge in [-0.15, -0.1) is 0 Å². The van der Waals surface area contributed by atoms with Crippen LogP contribution < -0.4 is 4.74 Å². The third-order valence-corrected chi connectivity index (χ3v) is 4.79. The molecule has 1 aromatic heterocycles. The number of amides is 2. The molecule has 0 saturated carbocycles. The first kappa shape index (κ1) is 19.4. The van der Waals surface area contributed by atoms with Crippen molar-refractivity contribution in [2.75, 3.05) is 33.3 Å². The lowest BCUT2D eigenvalue weighted by atomic mass is 10.1. The van der Waals surface area contributed by atoms with Gasteiger partial charge in [0.05, 0.1) is 19.1 Å². The van der Waals surface area contributed by atoms with Crippen LogP contribution in [0.2, 0.25) is 0 Å². The first-order valence-electron chi connectivity index (χ1n) is 9.17. The molecule has 1 saturated heterocycles. The third-order valence-electron chi connectivity index (χ3n) is 4.79. The molecule has 7 heteroatoms. The number of carbonyl (C=O) groups excluding carboxylic acids is 2. The van der Waals surface area contributed by atoms with Gasteiger partial charge in [0.1, 0.15) is 17.5 Å². The molecule has 28 heavy (non-hydrogen) atoms. The average Bonchev–Trinajstić information content (AvgIpc) is 3.00. The Morgan fingerprint density at radius 2 is 1.86 bits per heavy atom. The molecule has 1 fully saturated rings. The Hall–Kier alpha value is -3.40. The van der Waals surface area contributed by atoms with Crippen molar-refractivity contribution in [3.63, 3.8) is 0 Å². The van der Waals surface area contributed by atoms with Crippen LogP contribution in [0.15, 0.2) is 42.6 Å². The van der Waals surface area contributed by atoms with Gasteiger partial charge in [-0.3, -0.25) is 9.59 Å². The number of rotatable bonds is 4. The SMILES string of the molecule is COc1ccccc1CC(=O)N1CCCN(C(=O)c2ccc(C#N)nc2)CC1. The fourth-order valence-electron chi connectivity index (χ4n) is 3.26. The van der Waals surface area contributed by atoms with Crippen LogP contribution >= 0.6 is 0 Å². The van der Waals surface area contributed by atoms with E-state index in [0.29, 0.717) is 43.9 Å². The van der Waals surface area contributed by atoms with Crippen LogP contribution in [0.5, 0.6) is 5.75 Å². The zero-order valence-electron chi connectivity index (χ0n) is 15.8. The molecule has 0 unspecified atom stereocenters. The molecule has 1 aliphatic rings. The Bertz CT molecular complexity index is 889. The summed E-state index contributed by atoms with van der Waals surface area (Å²) in [5.41, 5.74) is 1.59. The van der Waals surface area contributed by atoms with Crippen molar-refractivity contribution >= 4 is 11.8 Å². The molecule has 2 heterocycles. The molecule has 1 aliphatic heterocycles. The molecule has 144 valence electrons. The van der Waals surface area contributed by atoms with E-state index in [0.717, 1.165) is 5.56 Å². The van der Waals surface area contributed by atoms with Crippen molar-refractivity contribution in [3.05, 3.63) is 59.4 Å². The number of hydrogen-bond acceptors (Lipinski definition) is 5. The number of aromatic nitrogens is 1. The second kappa shape index (κ2) is 9.00. The molecule has 0 spiro atoms. The lowest BCUT2D eigenvalue weighted by molar-refractivity contribution is -0.130. The monoisotopic (exact) mass is 378 g/mol. The highest BCUT2D eigenvalue weighted by molar-refractivity contribution is 5.94. The molecule has 0 N–H and O–H groups in total. The number of hydrogen-bond donors (Lipinski definition) is 0. The maximum Gasteiger partial charge on any atom is 0.255 e. The van der Waals surface area contributed by atoms with E-state index >= 15 is 0 Å². The van der Waals surface area contributed by atoms with Gasteiger partial charge in [0.15, 0.2) is 0 Å². The van der Waals surface area contributed by atoms with Crippen LogP contribution in [0.25, 0.3) is 0 Å². The standard InChI is InChI=1S/C21H22N4O3/c1-28-19-6-3-2-5-16(19)13-20(26)24-9-4-10-25(12-11-24)21(27)17-7-8-18(14-22)23-15-17/h2-3,5-8,15H,4,9-13H2,1H3. The molecule has 7 nitrogen and oxygen atoms in total. The van der Waals surface area contributed by atoms with Gasteiger partial charge >= 0.3 is 0 Å². The van der Waals surface area contributed by atoms with Crippen LogP contribution in [0.1, 0.15) is 28.0 Å². The second-order valence-electron chi connectivity index (χ2n) is 6.56. The fourth-order valence-corrected chi connectivity index (χ4v) is 3.26. The predicted octanol–water partition coefficient (Wildman–Crippen LogP) is 1.88. The van der Waals surface area contributed by atoms with E-state index in [1.807, 2.05) is 30.3 Å². The topological polar surface area (TPSA) is 86.5 Å². The zero-order chi connectivity index (χ0) is 19.9. The van der Waals surface area contributed by atoms with E-state index in [2.05, 4.69) is 4.98 Å². The largest absolute Gasteiger partial charge is 0.496 e. The molecule has 0 bridgehead atoms. The molecule has 0 aliphatic carbocycles. The van der Waals surface area contributed by atoms with E-state index in [9.17, 15) is 9.59 Å². The Morgan fingerprint density at radius 1 is 1.11 bits per heavy atom. The number of ether oxygens (including phenoxy) is 1. The number of nitrogens with zero attached hydrogens (tertiary/aromatic N) is 4. The molecule has 2 amide bonds. The summed E-state index contributed by atoms with van der Waals surface area (Å²) in [5, 5.41) is 8.82. The summed E-state index contributed by atoms with van der Waals surface area (Å²) in [6.45, 7) is 2.15. The molecule has 0 atom stereocenters. The summed E-state index contributed by atoms with van der Waals surface area (Å²) in [5.74, 6) is 0.602. The second-order valence-corrected chi connectivity index (χ2v) is 6.56. The van der Waals surface area contributed by atoms with Crippen molar-refractivity contribution in [1.29, 1.82) is 5.26 Å². The highest BCUT2D eigenvalue weighted by Gasteiger charge is 2.23. The van der Waals surface area contributed by atoms with Crippen molar-refractivity contribution in [3.8, 4) is 11.8 Å². The summed E-state index contributed by atoms with van der Waals surface area (Å²) in [6.07, 6.45) is 2.42. The van der Waals surface area contributed by atoms with Crippen LogP contribution in [0.3, 0.4) is 0 Å². The minimum Gasteiger partial charge on any atom is -0.496 e. The van der Waals surface area contributed by atoms with Gasteiger partial charge < -0.3 is 14.5 Å². The van der Waals surface area contributed by atoms with E-state index in [1.165, 1.54) is 12.3 Å². The number of para-hydroxylation sites is 1. The predicted molar refractivity (Wildman–Crippen MR) is 103 cm³/mol. The van der Waals surface area contributed by atoms with Gasteiger partial charge in [-0.25, -0.2) is 4.98 Å². The Morgan fingerprint density at radius 3 is 2.57 bits per heavy atom. The molecule has 3 rings (SSSR count). The van der Waals surface area contributed by atoms with Crippen LogP contribution in [-0.2, 0) is 11.2 Å². The van der Waals surface area contributed by atoms with Gasteiger partial charge in [-0.05, 0) is 24.6 Å². The summed E-state index contributed by atoms with van der Waals surface area (Å²) in [4.78, 5) is 32.9. The minimum absolute atomic E-state index is 0.0267. The maximum atomic E-state index is 12.7. The molecular weight excluding hydrogens is 356 g/mol. The number of nitriles is 1. The first-order chi connectivity index (χ1) is 13.6. The molecule has 2 aromatic rings. The van der Waals surface area contributed by atoms with Gasteiger partial charge in [0.2, 0.25) is 5.91 Å². The first-order valence-corrected chi connectivity index (χ1v) is 9.17. The fraction of sp³-hybridized carbons (Fsp3) is 0.333. The van der Waals surface area contributed by atoms with Crippen LogP contribution in [-0.4, -0.2) is 59.9 Å². The minimum atomic E-state index is -0.129. The van der Waals surface area contributed by atoms with Crippen molar-refractivity contribution < 1.29 is 14.3 Å². The van der Waals surface area contributed by atoms with Gasteiger partial charge in [-0.2, -0.15) is 5.26 Å². The lowest BCUT2D eigenvalue weighted by Gasteiger charge is -2.22. The van der Waals surface area contributed by atoms with Crippen molar-refractivity contribution in [2.45, 2.75) is 12.8 Å². The van der Waals surface area contributed by atoms with Gasteiger partial charge in [-0.1, -0.05) is 18.2 Å². The molecule has 1 aromatic carbocycles. The van der Waals surface area contributed by atoms with E-state index in [-0.39, 0.29) is 23.9 Å². The average molecular weight is 378 g/mol. The van der Waals surface area contributed by atoms with Gasteiger partial charge in [0.25, 0.3) is 5.91 Å². The highest BCUT2D eigenvalue weighted by atomic mass is 16.5. The number of carbonyl (C=O) groups is 2. The lowest BCUT2D eigenvalue weighted by Crippen LogP contribution is -2.38. The highest BCUT2D eigenvalue weighted by Crippen LogP contribution is 2.19. The summed E-state index contributed by atoms with van der Waals surface area (Å²) >= 11 is 0.